The van der Waals surface area contributed by atoms with Crippen LogP contribution in [0.4, 0.5) is 0 Å². The third-order valence-corrected chi connectivity index (χ3v) is 5.73. The lowest BCUT2D eigenvalue weighted by atomic mass is 9.94. The van der Waals surface area contributed by atoms with Gasteiger partial charge in [-0.25, -0.2) is 4.98 Å². The Labute approximate surface area is 172 Å². The summed E-state index contributed by atoms with van der Waals surface area (Å²) in [6, 6.07) is 0. The minimum atomic E-state index is -0.129. The molecule has 2 aliphatic rings. The maximum absolute atomic E-state index is 13.1. The molecule has 1 aromatic rings. The van der Waals surface area contributed by atoms with Crippen molar-refractivity contribution in [2.75, 3.05) is 32.7 Å². The number of rotatable bonds is 2. The molecule has 3 amide bonds. The Hall–Kier alpha value is -2.51. The maximum atomic E-state index is 13.1. The zero-order valence-corrected chi connectivity index (χ0v) is 17.2. The van der Waals surface area contributed by atoms with Gasteiger partial charge in [0.05, 0.1) is 11.9 Å². The Kier molecular flexibility index (Phi) is 7.55. The molecule has 0 unspecified atom stereocenters. The Morgan fingerprint density at radius 3 is 2.45 bits per heavy atom. The average Bonchev–Trinajstić information content (AvgIpc) is 2.79. The van der Waals surface area contributed by atoms with E-state index in [-0.39, 0.29) is 23.6 Å². The summed E-state index contributed by atoms with van der Waals surface area (Å²) in [5.74, 6) is -0.0738. The summed E-state index contributed by atoms with van der Waals surface area (Å²) in [6.07, 6.45) is 8.87. The number of hydrogen-bond donors (Lipinski definition) is 1. The summed E-state index contributed by atoms with van der Waals surface area (Å²) in [6.45, 7) is 4.83. The molecule has 0 aliphatic carbocycles. The first-order chi connectivity index (χ1) is 14.0. The largest absolute Gasteiger partial charge is 0.356 e. The quantitative estimate of drug-likeness (QED) is 0.811. The Morgan fingerprint density at radius 1 is 0.966 bits per heavy atom. The van der Waals surface area contributed by atoms with Crippen LogP contribution in [-0.2, 0) is 9.59 Å². The lowest BCUT2D eigenvalue weighted by Crippen LogP contribution is -2.45. The molecule has 2 aliphatic heterocycles. The molecular weight excluding hydrogens is 370 g/mol. The summed E-state index contributed by atoms with van der Waals surface area (Å²) >= 11 is 0. The topological polar surface area (TPSA) is 95.5 Å². The molecular formula is C21H31N5O3. The van der Waals surface area contributed by atoms with Crippen LogP contribution in [-0.4, -0.2) is 70.2 Å². The van der Waals surface area contributed by atoms with Crippen molar-refractivity contribution in [3.05, 3.63) is 23.8 Å². The molecule has 29 heavy (non-hydrogen) atoms. The summed E-state index contributed by atoms with van der Waals surface area (Å²) in [4.78, 5) is 49.5. The van der Waals surface area contributed by atoms with Crippen LogP contribution in [0.3, 0.4) is 0 Å². The van der Waals surface area contributed by atoms with Crippen LogP contribution < -0.4 is 5.32 Å². The zero-order chi connectivity index (χ0) is 20.6. The van der Waals surface area contributed by atoms with Crippen molar-refractivity contribution in [2.45, 2.75) is 51.9 Å². The van der Waals surface area contributed by atoms with E-state index in [0.717, 1.165) is 37.9 Å². The summed E-state index contributed by atoms with van der Waals surface area (Å²) in [7, 11) is 0. The van der Waals surface area contributed by atoms with Crippen molar-refractivity contribution >= 4 is 17.7 Å². The van der Waals surface area contributed by atoms with Crippen LogP contribution in [0, 0.1) is 12.8 Å². The fraction of sp³-hybridized carbons (Fsp3) is 0.667. The number of piperidine rings is 1. The van der Waals surface area contributed by atoms with Gasteiger partial charge in [0.2, 0.25) is 11.8 Å². The molecule has 158 valence electrons. The highest BCUT2D eigenvalue weighted by Gasteiger charge is 2.31. The van der Waals surface area contributed by atoms with E-state index in [9.17, 15) is 14.4 Å². The minimum Gasteiger partial charge on any atom is -0.356 e. The molecule has 0 atom stereocenters. The number of nitrogens with zero attached hydrogens (tertiary/aromatic N) is 4. The minimum absolute atomic E-state index is 0.0179. The predicted octanol–water partition coefficient (Wildman–Crippen LogP) is 1.55. The van der Waals surface area contributed by atoms with Gasteiger partial charge in [0.15, 0.2) is 0 Å². The molecule has 0 spiro atoms. The Bertz CT molecular complexity index is 714. The van der Waals surface area contributed by atoms with Crippen molar-refractivity contribution in [1.29, 1.82) is 0 Å². The van der Waals surface area contributed by atoms with Gasteiger partial charge in [0.1, 0.15) is 5.69 Å². The van der Waals surface area contributed by atoms with E-state index in [1.807, 2.05) is 11.8 Å². The molecule has 0 aromatic carbocycles. The van der Waals surface area contributed by atoms with E-state index in [4.69, 9.17) is 0 Å². The molecule has 2 saturated heterocycles. The first-order valence-electron chi connectivity index (χ1n) is 10.7. The fourth-order valence-corrected chi connectivity index (χ4v) is 3.92. The molecule has 3 heterocycles. The highest BCUT2D eigenvalue weighted by Crippen LogP contribution is 2.21. The first-order valence-corrected chi connectivity index (χ1v) is 10.7. The molecule has 8 nitrogen and oxygen atoms in total. The third kappa shape index (κ3) is 5.98. The van der Waals surface area contributed by atoms with Crippen molar-refractivity contribution in [2.24, 2.45) is 5.92 Å². The number of nitrogens with one attached hydrogen (secondary N) is 1. The number of hydrogen-bond acceptors (Lipinski definition) is 5. The number of aryl methyl sites for hydroxylation is 1. The lowest BCUT2D eigenvalue weighted by molar-refractivity contribution is -0.137. The number of carbonyl (C=O) groups excluding carboxylic acids is 3. The molecule has 0 saturated carbocycles. The van der Waals surface area contributed by atoms with Gasteiger partial charge in [0.25, 0.3) is 5.91 Å². The van der Waals surface area contributed by atoms with Gasteiger partial charge in [-0.3, -0.25) is 19.4 Å². The van der Waals surface area contributed by atoms with Crippen molar-refractivity contribution in [3.63, 3.8) is 0 Å². The van der Waals surface area contributed by atoms with Crippen LogP contribution in [0.2, 0.25) is 0 Å². The Morgan fingerprint density at radius 2 is 1.72 bits per heavy atom. The van der Waals surface area contributed by atoms with E-state index in [1.165, 1.54) is 6.20 Å². The van der Waals surface area contributed by atoms with E-state index >= 15 is 0 Å². The maximum Gasteiger partial charge on any atom is 0.274 e. The second-order valence-electron chi connectivity index (χ2n) is 7.95. The molecule has 1 aromatic heterocycles. The van der Waals surface area contributed by atoms with Crippen LogP contribution >= 0.6 is 0 Å². The lowest BCUT2D eigenvalue weighted by Gasteiger charge is -2.34. The van der Waals surface area contributed by atoms with E-state index < -0.39 is 0 Å². The second kappa shape index (κ2) is 10.3. The van der Waals surface area contributed by atoms with Crippen molar-refractivity contribution < 1.29 is 14.4 Å². The van der Waals surface area contributed by atoms with Gasteiger partial charge in [-0.15, -0.1) is 0 Å². The molecule has 3 rings (SSSR count). The third-order valence-electron chi connectivity index (χ3n) is 5.73. The van der Waals surface area contributed by atoms with Gasteiger partial charge >= 0.3 is 0 Å². The molecule has 0 radical (unpaired) electrons. The highest BCUT2D eigenvalue weighted by atomic mass is 16.2. The van der Waals surface area contributed by atoms with Gasteiger partial charge in [-0.05, 0) is 32.6 Å². The Balaban J connectivity index is 1.54. The van der Waals surface area contributed by atoms with E-state index in [1.54, 1.807) is 11.1 Å². The number of amides is 3. The highest BCUT2D eigenvalue weighted by molar-refractivity contribution is 5.92. The second-order valence-corrected chi connectivity index (χ2v) is 7.95. The summed E-state index contributed by atoms with van der Waals surface area (Å²) in [5, 5.41) is 2.92. The van der Waals surface area contributed by atoms with Crippen LogP contribution in [0.25, 0.3) is 0 Å². The standard InChI is InChI=1S/C21H31N5O3/c1-16-14-24-18(15-23-16)21(29)26-11-6-17(7-12-26)20(28)25-10-5-3-2-4-9-22-19(27)8-13-25/h14-15,17H,2-13H2,1H3,(H,22,27). The van der Waals surface area contributed by atoms with Gasteiger partial charge in [-0.1, -0.05) is 12.8 Å². The summed E-state index contributed by atoms with van der Waals surface area (Å²) < 4.78 is 0. The van der Waals surface area contributed by atoms with Gasteiger partial charge in [0, 0.05) is 51.3 Å². The van der Waals surface area contributed by atoms with Crippen LogP contribution in [0.5, 0.6) is 0 Å². The van der Waals surface area contributed by atoms with Gasteiger partial charge < -0.3 is 15.1 Å². The van der Waals surface area contributed by atoms with Crippen LogP contribution in [0.15, 0.2) is 12.4 Å². The average molecular weight is 402 g/mol. The normalized spacial score (nSPS) is 20.0. The fourth-order valence-electron chi connectivity index (χ4n) is 3.92. The first kappa shape index (κ1) is 21.2. The predicted molar refractivity (Wildman–Crippen MR) is 108 cm³/mol. The smallest absolute Gasteiger partial charge is 0.274 e. The van der Waals surface area contributed by atoms with E-state index in [0.29, 0.717) is 51.1 Å². The molecule has 2 fully saturated rings. The molecule has 0 bridgehead atoms. The van der Waals surface area contributed by atoms with Crippen molar-refractivity contribution in [3.8, 4) is 0 Å². The van der Waals surface area contributed by atoms with E-state index in [2.05, 4.69) is 15.3 Å². The zero-order valence-electron chi connectivity index (χ0n) is 17.2. The monoisotopic (exact) mass is 401 g/mol. The molecule has 8 heteroatoms. The number of likely N-dealkylation sites (tertiary alicyclic amines) is 1. The SMILES string of the molecule is Cc1cnc(C(=O)N2CCC(C(=O)N3CCCCCCNC(=O)CC3)CC2)cn1. The number of carbonyl (C=O) groups is 3. The van der Waals surface area contributed by atoms with Crippen molar-refractivity contribution in [1.82, 2.24) is 25.1 Å². The van der Waals surface area contributed by atoms with Gasteiger partial charge in [-0.2, -0.15) is 0 Å². The summed E-state index contributed by atoms with van der Waals surface area (Å²) in [5.41, 5.74) is 1.12. The molecule has 1 N–H and O–H groups in total. The van der Waals surface area contributed by atoms with Crippen LogP contribution in [0.1, 0.15) is 61.1 Å². The number of aromatic nitrogens is 2.